The summed E-state index contributed by atoms with van der Waals surface area (Å²) in [6.45, 7) is 1.65. The summed E-state index contributed by atoms with van der Waals surface area (Å²) in [5, 5.41) is 2.59. The second-order valence-corrected chi connectivity index (χ2v) is 4.41. The number of anilines is 1. The van der Waals surface area contributed by atoms with E-state index in [9.17, 15) is 14.0 Å². The Morgan fingerprint density at radius 2 is 2.00 bits per heavy atom. The zero-order valence-corrected chi connectivity index (χ0v) is 9.73. The fourth-order valence-electron chi connectivity index (χ4n) is 1.34. The molecule has 6 heteroatoms. The van der Waals surface area contributed by atoms with E-state index in [0.717, 1.165) is 11.3 Å². The molecule has 0 atom stereocenters. The van der Waals surface area contributed by atoms with Crippen molar-refractivity contribution in [2.24, 2.45) is 0 Å². The first-order valence-electron chi connectivity index (χ1n) is 4.83. The zero-order valence-electron chi connectivity index (χ0n) is 8.91. The highest BCUT2D eigenvalue weighted by atomic mass is 32.1. The summed E-state index contributed by atoms with van der Waals surface area (Å²) < 4.78 is 12.7. The Morgan fingerprint density at radius 1 is 1.35 bits per heavy atom. The normalized spacial score (nSPS) is 10.2. The number of thiazole rings is 1. The number of hydrogen-bond acceptors (Lipinski definition) is 3. The Hall–Kier alpha value is -1.95. The number of halogens is 1. The summed E-state index contributed by atoms with van der Waals surface area (Å²) >= 11 is 0.848. The van der Waals surface area contributed by atoms with Crippen molar-refractivity contribution in [2.75, 3.05) is 5.32 Å². The van der Waals surface area contributed by atoms with Gasteiger partial charge in [0.05, 0.1) is 0 Å². The monoisotopic (exact) mass is 252 g/mol. The van der Waals surface area contributed by atoms with E-state index in [2.05, 4.69) is 10.3 Å². The van der Waals surface area contributed by atoms with E-state index < -0.39 is 0 Å². The average molecular weight is 252 g/mol. The van der Waals surface area contributed by atoms with Gasteiger partial charge in [-0.25, -0.2) is 4.39 Å². The fourth-order valence-corrected chi connectivity index (χ4v) is 2.08. The third-order valence-corrected chi connectivity index (χ3v) is 3.12. The van der Waals surface area contributed by atoms with Crippen LogP contribution in [-0.2, 0) is 0 Å². The molecule has 0 bridgehead atoms. The van der Waals surface area contributed by atoms with Gasteiger partial charge in [0.1, 0.15) is 10.7 Å². The molecule has 1 heterocycles. The van der Waals surface area contributed by atoms with Crippen molar-refractivity contribution in [1.82, 2.24) is 4.98 Å². The van der Waals surface area contributed by atoms with Gasteiger partial charge in [0.2, 0.25) is 0 Å². The largest absolute Gasteiger partial charge is 0.321 e. The van der Waals surface area contributed by atoms with Gasteiger partial charge >= 0.3 is 4.87 Å². The van der Waals surface area contributed by atoms with Gasteiger partial charge in [0.25, 0.3) is 5.91 Å². The van der Waals surface area contributed by atoms with Crippen molar-refractivity contribution in [3.05, 3.63) is 50.3 Å². The molecule has 0 fully saturated rings. The van der Waals surface area contributed by atoms with Gasteiger partial charge in [0.15, 0.2) is 0 Å². The second kappa shape index (κ2) is 4.50. The predicted octanol–water partition coefficient (Wildman–Crippen LogP) is 2.14. The maximum absolute atomic E-state index is 12.7. The van der Waals surface area contributed by atoms with E-state index in [0.29, 0.717) is 16.3 Å². The SMILES string of the molecule is Cc1[nH]c(=O)sc1C(=O)Nc1ccc(F)cc1. The molecule has 0 saturated carbocycles. The number of benzene rings is 1. The summed E-state index contributed by atoms with van der Waals surface area (Å²) in [5.74, 6) is -0.747. The van der Waals surface area contributed by atoms with Crippen LogP contribution in [0, 0.1) is 12.7 Å². The minimum atomic E-state index is -0.377. The highest BCUT2D eigenvalue weighted by Crippen LogP contribution is 2.13. The first kappa shape index (κ1) is 11.5. The van der Waals surface area contributed by atoms with Gasteiger partial charge in [-0.2, -0.15) is 0 Å². The van der Waals surface area contributed by atoms with Crippen molar-refractivity contribution in [3.63, 3.8) is 0 Å². The lowest BCUT2D eigenvalue weighted by molar-refractivity contribution is 0.103. The molecule has 2 rings (SSSR count). The van der Waals surface area contributed by atoms with Crippen LogP contribution in [-0.4, -0.2) is 10.9 Å². The number of carbonyl (C=O) groups excluding carboxylic acids is 1. The Kier molecular flexibility index (Phi) is 3.06. The predicted molar refractivity (Wildman–Crippen MR) is 64.0 cm³/mol. The number of amides is 1. The van der Waals surface area contributed by atoms with Crippen molar-refractivity contribution in [2.45, 2.75) is 6.92 Å². The van der Waals surface area contributed by atoms with E-state index in [1.54, 1.807) is 6.92 Å². The summed E-state index contributed by atoms with van der Waals surface area (Å²) in [7, 11) is 0. The Balaban J connectivity index is 2.20. The van der Waals surface area contributed by atoms with Gasteiger partial charge in [-0.3, -0.25) is 9.59 Å². The lowest BCUT2D eigenvalue weighted by Crippen LogP contribution is -2.11. The van der Waals surface area contributed by atoms with E-state index >= 15 is 0 Å². The standard InChI is InChI=1S/C11H9FN2O2S/c1-6-9(17-11(16)13-6)10(15)14-8-4-2-7(12)3-5-8/h2-5H,1H3,(H,13,16)(H,14,15). The maximum atomic E-state index is 12.7. The molecule has 1 aromatic carbocycles. The van der Waals surface area contributed by atoms with Crippen LogP contribution in [0.15, 0.2) is 29.1 Å². The summed E-state index contributed by atoms with van der Waals surface area (Å²) in [6, 6.07) is 5.42. The molecule has 0 aliphatic carbocycles. The topological polar surface area (TPSA) is 62.0 Å². The van der Waals surface area contributed by atoms with E-state index in [1.807, 2.05) is 0 Å². The first-order chi connectivity index (χ1) is 8.06. The van der Waals surface area contributed by atoms with Crippen LogP contribution in [0.1, 0.15) is 15.4 Å². The Labute approximate surface area is 100 Å². The molecule has 1 aromatic heterocycles. The summed E-state index contributed by atoms with van der Waals surface area (Å²) in [4.78, 5) is 25.4. The third kappa shape index (κ3) is 2.59. The van der Waals surface area contributed by atoms with Gasteiger partial charge < -0.3 is 10.3 Å². The van der Waals surface area contributed by atoms with E-state index in [-0.39, 0.29) is 16.6 Å². The van der Waals surface area contributed by atoms with Crippen LogP contribution in [0.25, 0.3) is 0 Å². The molecule has 0 saturated heterocycles. The molecule has 88 valence electrons. The molecule has 0 radical (unpaired) electrons. The molecular formula is C11H9FN2O2S. The maximum Gasteiger partial charge on any atom is 0.305 e. The van der Waals surface area contributed by atoms with Crippen molar-refractivity contribution in [3.8, 4) is 0 Å². The Bertz CT molecular complexity index is 601. The molecule has 2 aromatic rings. The van der Waals surface area contributed by atoms with Crippen LogP contribution in [0.3, 0.4) is 0 Å². The molecule has 0 aliphatic rings. The van der Waals surface area contributed by atoms with Crippen molar-refractivity contribution >= 4 is 22.9 Å². The first-order valence-corrected chi connectivity index (χ1v) is 5.64. The van der Waals surface area contributed by atoms with Gasteiger partial charge in [-0.05, 0) is 31.2 Å². The number of aromatic nitrogens is 1. The number of rotatable bonds is 2. The minimum absolute atomic E-state index is 0.272. The van der Waals surface area contributed by atoms with Crippen LogP contribution in [0.4, 0.5) is 10.1 Å². The van der Waals surface area contributed by atoms with Crippen LogP contribution in [0.5, 0.6) is 0 Å². The average Bonchev–Trinajstić information content (AvgIpc) is 2.61. The Morgan fingerprint density at radius 3 is 2.53 bits per heavy atom. The number of nitrogens with one attached hydrogen (secondary N) is 2. The minimum Gasteiger partial charge on any atom is -0.321 e. The number of aryl methyl sites for hydroxylation is 1. The molecule has 1 amide bonds. The zero-order chi connectivity index (χ0) is 12.4. The smallest absolute Gasteiger partial charge is 0.305 e. The highest BCUT2D eigenvalue weighted by Gasteiger charge is 2.13. The number of H-pyrrole nitrogens is 1. The fraction of sp³-hybridized carbons (Fsp3) is 0.0909. The number of aromatic amines is 1. The lowest BCUT2D eigenvalue weighted by atomic mass is 10.3. The number of carbonyl (C=O) groups is 1. The number of hydrogen-bond donors (Lipinski definition) is 2. The van der Waals surface area contributed by atoms with E-state index in [4.69, 9.17) is 0 Å². The summed E-state index contributed by atoms with van der Waals surface area (Å²) in [5.41, 5.74) is 1.01. The molecule has 0 aliphatic heterocycles. The van der Waals surface area contributed by atoms with Crippen LogP contribution >= 0.6 is 11.3 Å². The molecule has 4 nitrogen and oxygen atoms in total. The molecule has 17 heavy (non-hydrogen) atoms. The van der Waals surface area contributed by atoms with Gasteiger partial charge in [-0.15, -0.1) is 0 Å². The lowest BCUT2D eigenvalue weighted by Gasteiger charge is -2.03. The van der Waals surface area contributed by atoms with Crippen molar-refractivity contribution in [1.29, 1.82) is 0 Å². The van der Waals surface area contributed by atoms with E-state index in [1.165, 1.54) is 24.3 Å². The quantitative estimate of drug-likeness (QED) is 0.860. The highest BCUT2D eigenvalue weighted by molar-refractivity contribution is 7.11. The van der Waals surface area contributed by atoms with Crippen LogP contribution < -0.4 is 10.2 Å². The molecular weight excluding hydrogens is 243 g/mol. The second-order valence-electron chi connectivity index (χ2n) is 3.43. The van der Waals surface area contributed by atoms with Gasteiger partial charge in [0, 0.05) is 11.4 Å². The molecule has 0 spiro atoms. The summed E-state index contributed by atoms with van der Waals surface area (Å²) in [6.07, 6.45) is 0. The molecule has 0 unspecified atom stereocenters. The molecule has 2 N–H and O–H groups in total. The van der Waals surface area contributed by atoms with Crippen LogP contribution in [0.2, 0.25) is 0 Å². The van der Waals surface area contributed by atoms with Crippen molar-refractivity contribution < 1.29 is 9.18 Å². The third-order valence-electron chi connectivity index (χ3n) is 2.13. The van der Waals surface area contributed by atoms with Gasteiger partial charge in [-0.1, -0.05) is 11.3 Å².